The van der Waals surface area contributed by atoms with Gasteiger partial charge in [-0.2, -0.15) is 0 Å². The van der Waals surface area contributed by atoms with Gasteiger partial charge in [0.25, 0.3) is 0 Å². The van der Waals surface area contributed by atoms with Crippen molar-refractivity contribution in [3.8, 4) is 11.3 Å². The summed E-state index contributed by atoms with van der Waals surface area (Å²) in [6.45, 7) is 0. The molecule has 0 aliphatic heterocycles. The van der Waals surface area contributed by atoms with Gasteiger partial charge in [0.2, 0.25) is 0 Å². The maximum absolute atomic E-state index is 10.8. The first-order chi connectivity index (χ1) is 11.0. The third-order valence-corrected chi connectivity index (χ3v) is 5.70. The lowest BCUT2D eigenvalue weighted by molar-refractivity contribution is -0.380. The van der Waals surface area contributed by atoms with Crippen LogP contribution in [0, 0.1) is 10.1 Å². The van der Waals surface area contributed by atoms with Gasteiger partial charge in [-0.15, -0.1) is 11.3 Å². The largest absolute Gasteiger partial charge is 0.478 e. The molecule has 10 heteroatoms. The standard InChI is InChI=1S/C13H7N3O4S3/c17-11(18)8-3-1-7(2-4-8)9-6-21-13(15-9)23-12-14-5-10(22-12)16(19)20/h1-6H,(H,17,18). The number of rotatable bonds is 5. The Morgan fingerprint density at radius 2 is 2.00 bits per heavy atom. The van der Waals surface area contributed by atoms with Crippen LogP contribution in [0.4, 0.5) is 5.00 Å². The molecule has 0 atom stereocenters. The number of hydrogen-bond acceptors (Lipinski definition) is 8. The monoisotopic (exact) mass is 365 g/mol. The van der Waals surface area contributed by atoms with E-state index in [0.29, 0.717) is 8.68 Å². The molecule has 3 aromatic rings. The van der Waals surface area contributed by atoms with Crippen molar-refractivity contribution in [3.05, 3.63) is 51.5 Å². The van der Waals surface area contributed by atoms with Gasteiger partial charge in [-0.05, 0) is 35.2 Å². The number of thiazole rings is 2. The van der Waals surface area contributed by atoms with E-state index in [-0.39, 0.29) is 10.6 Å². The van der Waals surface area contributed by atoms with Crippen molar-refractivity contribution in [2.75, 3.05) is 0 Å². The highest BCUT2D eigenvalue weighted by Gasteiger charge is 2.14. The second-order valence-electron chi connectivity index (χ2n) is 4.20. The number of aromatic carboxylic acids is 1. The van der Waals surface area contributed by atoms with Crippen molar-refractivity contribution in [1.29, 1.82) is 0 Å². The van der Waals surface area contributed by atoms with Crippen molar-refractivity contribution >= 4 is 45.4 Å². The van der Waals surface area contributed by atoms with Crippen LogP contribution in [0.25, 0.3) is 11.3 Å². The molecule has 0 saturated heterocycles. The van der Waals surface area contributed by atoms with E-state index in [1.165, 1.54) is 41.4 Å². The second-order valence-corrected chi connectivity index (χ2v) is 7.57. The smallest absolute Gasteiger partial charge is 0.344 e. The first kappa shape index (κ1) is 15.6. The third kappa shape index (κ3) is 3.55. The summed E-state index contributed by atoms with van der Waals surface area (Å²) in [6, 6.07) is 6.43. The molecular weight excluding hydrogens is 358 g/mol. The van der Waals surface area contributed by atoms with E-state index in [1.807, 2.05) is 5.38 Å². The lowest BCUT2D eigenvalue weighted by Gasteiger charge is -1.97. The quantitative estimate of drug-likeness (QED) is 0.537. The number of carboxylic acids is 1. The van der Waals surface area contributed by atoms with E-state index in [9.17, 15) is 14.9 Å². The summed E-state index contributed by atoms with van der Waals surface area (Å²) >= 11 is 3.67. The first-order valence-electron chi connectivity index (χ1n) is 6.10. The van der Waals surface area contributed by atoms with Gasteiger partial charge in [0.15, 0.2) is 8.68 Å². The fourth-order valence-electron chi connectivity index (χ4n) is 1.68. The normalized spacial score (nSPS) is 10.6. The van der Waals surface area contributed by atoms with Gasteiger partial charge in [-0.1, -0.05) is 12.1 Å². The molecule has 1 aromatic carbocycles. The molecule has 2 aromatic heterocycles. The zero-order valence-corrected chi connectivity index (χ0v) is 13.7. The van der Waals surface area contributed by atoms with E-state index in [1.54, 1.807) is 12.1 Å². The molecule has 0 saturated carbocycles. The van der Waals surface area contributed by atoms with Crippen molar-refractivity contribution in [2.24, 2.45) is 0 Å². The fraction of sp³-hybridized carbons (Fsp3) is 0. The van der Waals surface area contributed by atoms with Gasteiger partial charge >= 0.3 is 11.0 Å². The highest BCUT2D eigenvalue weighted by atomic mass is 32.2. The Kier molecular flexibility index (Phi) is 4.37. The zero-order chi connectivity index (χ0) is 16.4. The molecule has 116 valence electrons. The number of hydrogen-bond donors (Lipinski definition) is 1. The maximum Gasteiger partial charge on any atom is 0.344 e. The van der Waals surface area contributed by atoms with Crippen LogP contribution in [0.5, 0.6) is 0 Å². The van der Waals surface area contributed by atoms with Crippen LogP contribution >= 0.6 is 34.4 Å². The van der Waals surface area contributed by atoms with E-state index in [0.717, 1.165) is 22.6 Å². The number of nitro groups is 1. The minimum Gasteiger partial charge on any atom is -0.478 e. The Morgan fingerprint density at radius 3 is 2.61 bits per heavy atom. The Balaban J connectivity index is 1.76. The fourth-order valence-corrected chi connectivity index (χ4v) is 4.48. The predicted molar refractivity (Wildman–Crippen MR) is 87.4 cm³/mol. The molecule has 3 rings (SSSR count). The van der Waals surface area contributed by atoms with Crippen molar-refractivity contribution in [2.45, 2.75) is 8.68 Å². The second kappa shape index (κ2) is 6.44. The summed E-state index contributed by atoms with van der Waals surface area (Å²) in [5.41, 5.74) is 1.75. The molecule has 2 heterocycles. The summed E-state index contributed by atoms with van der Waals surface area (Å²) in [6.07, 6.45) is 1.23. The van der Waals surface area contributed by atoms with Gasteiger partial charge in [0.05, 0.1) is 16.2 Å². The van der Waals surface area contributed by atoms with Gasteiger partial charge in [0.1, 0.15) is 6.20 Å². The predicted octanol–water partition coefficient (Wildman–Crippen LogP) is 4.02. The van der Waals surface area contributed by atoms with Crippen LogP contribution in [0.2, 0.25) is 0 Å². The molecule has 0 aliphatic rings. The lowest BCUT2D eigenvalue weighted by atomic mass is 10.1. The molecule has 0 unspecified atom stereocenters. The van der Waals surface area contributed by atoms with Crippen LogP contribution < -0.4 is 0 Å². The molecule has 0 amide bonds. The van der Waals surface area contributed by atoms with Gasteiger partial charge in [-0.25, -0.2) is 14.8 Å². The number of carbonyl (C=O) groups is 1. The summed E-state index contributed by atoms with van der Waals surface area (Å²) in [7, 11) is 0. The van der Waals surface area contributed by atoms with Crippen LogP contribution in [-0.2, 0) is 0 Å². The van der Waals surface area contributed by atoms with Gasteiger partial charge in [0, 0.05) is 10.9 Å². The molecule has 0 aliphatic carbocycles. The Bertz CT molecular complexity index is 873. The molecular formula is C13H7N3O4S3. The lowest BCUT2D eigenvalue weighted by Crippen LogP contribution is -1.94. The number of aromatic nitrogens is 2. The van der Waals surface area contributed by atoms with E-state index in [4.69, 9.17) is 5.11 Å². The van der Waals surface area contributed by atoms with Crippen LogP contribution in [0.15, 0.2) is 44.5 Å². The minimum atomic E-state index is -0.976. The van der Waals surface area contributed by atoms with Crippen LogP contribution in [0.3, 0.4) is 0 Å². The third-order valence-electron chi connectivity index (χ3n) is 2.74. The Morgan fingerprint density at radius 1 is 1.26 bits per heavy atom. The van der Waals surface area contributed by atoms with Gasteiger partial charge in [-0.3, -0.25) is 10.1 Å². The molecule has 0 fully saturated rings. The summed E-state index contributed by atoms with van der Waals surface area (Å²) in [5.74, 6) is -0.976. The van der Waals surface area contributed by atoms with E-state index >= 15 is 0 Å². The molecule has 1 N–H and O–H groups in total. The molecule has 23 heavy (non-hydrogen) atoms. The zero-order valence-electron chi connectivity index (χ0n) is 11.2. The summed E-state index contributed by atoms with van der Waals surface area (Å²) < 4.78 is 1.27. The molecule has 0 spiro atoms. The number of benzene rings is 1. The van der Waals surface area contributed by atoms with Crippen molar-refractivity contribution in [1.82, 2.24) is 9.97 Å². The summed E-state index contributed by atoms with van der Waals surface area (Å²) in [4.78, 5) is 29.4. The number of nitrogens with zero attached hydrogens (tertiary/aromatic N) is 3. The highest BCUT2D eigenvalue weighted by Crippen LogP contribution is 2.37. The Labute approximate surface area is 141 Å². The van der Waals surface area contributed by atoms with E-state index in [2.05, 4.69) is 9.97 Å². The molecule has 7 nitrogen and oxygen atoms in total. The average Bonchev–Trinajstić information content (AvgIpc) is 3.17. The first-order valence-corrected chi connectivity index (χ1v) is 8.61. The Hall–Kier alpha value is -2.30. The SMILES string of the molecule is O=C(O)c1ccc(-c2csc(Sc3ncc([N+](=O)[O-])s3)n2)cc1. The van der Waals surface area contributed by atoms with E-state index < -0.39 is 10.9 Å². The van der Waals surface area contributed by atoms with Gasteiger partial charge < -0.3 is 5.11 Å². The maximum atomic E-state index is 10.8. The van der Waals surface area contributed by atoms with Crippen molar-refractivity contribution in [3.63, 3.8) is 0 Å². The average molecular weight is 365 g/mol. The summed E-state index contributed by atoms with van der Waals surface area (Å²) in [5, 5.41) is 21.4. The van der Waals surface area contributed by atoms with Crippen molar-refractivity contribution < 1.29 is 14.8 Å². The van der Waals surface area contributed by atoms with Crippen LogP contribution in [-0.4, -0.2) is 26.0 Å². The number of carboxylic acid groups (broad SMARTS) is 1. The topological polar surface area (TPSA) is 106 Å². The minimum absolute atomic E-state index is 0.00598. The highest BCUT2D eigenvalue weighted by molar-refractivity contribution is 8.02. The molecule has 0 bridgehead atoms. The van der Waals surface area contributed by atoms with Crippen LogP contribution in [0.1, 0.15) is 10.4 Å². The molecule has 0 radical (unpaired) electrons.